The zero-order chi connectivity index (χ0) is 13.2. The van der Waals surface area contributed by atoms with Crippen molar-refractivity contribution in [2.75, 3.05) is 6.54 Å². The lowest BCUT2D eigenvalue weighted by atomic mass is 9.75. The molecular weight excluding hydrogens is 260 g/mol. The van der Waals surface area contributed by atoms with Crippen LogP contribution in [0.15, 0.2) is 0 Å². The minimum absolute atomic E-state index is 0. The molecule has 3 N–H and O–H groups in total. The molecule has 0 radical (unpaired) electrons. The first-order chi connectivity index (χ1) is 8.46. The van der Waals surface area contributed by atoms with Crippen LogP contribution in [0.3, 0.4) is 0 Å². The lowest BCUT2D eigenvalue weighted by Gasteiger charge is -2.39. The van der Waals surface area contributed by atoms with Gasteiger partial charge in [0.1, 0.15) is 0 Å². The molecule has 0 aromatic heterocycles. The maximum atomic E-state index is 12.5. The Hall–Kier alpha value is -0.280. The lowest BCUT2D eigenvalue weighted by molar-refractivity contribution is -0.132. The molecular formula is C15H29ClN2O. The standard InChI is InChI=1S/C15H28N2O.ClH/c1-12(2)10-14(6-3-4-7-14)13(18)17-11-15(16)8-5-9-15;/h12H,3-11,16H2,1-2H3,(H,17,18);1H. The van der Waals surface area contributed by atoms with E-state index in [1.54, 1.807) is 0 Å². The molecule has 0 aromatic rings. The average Bonchev–Trinajstić information content (AvgIpc) is 2.72. The van der Waals surface area contributed by atoms with Gasteiger partial charge in [-0.3, -0.25) is 4.79 Å². The number of hydrogen-bond donors (Lipinski definition) is 2. The topological polar surface area (TPSA) is 55.1 Å². The van der Waals surface area contributed by atoms with E-state index in [4.69, 9.17) is 5.73 Å². The minimum atomic E-state index is -0.104. The van der Waals surface area contributed by atoms with Crippen LogP contribution in [0.5, 0.6) is 0 Å². The van der Waals surface area contributed by atoms with E-state index in [-0.39, 0.29) is 29.3 Å². The molecule has 0 atom stereocenters. The summed E-state index contributed by atoms with van der Waals surface area (Å²) in [7, 11) is 0. The Morgan fingerprint density at radius 2 is 1.74 bits per heavy atom. The van der Waals surface area contributed by atoms with E-state index in [0.717, 1.165) is 32.1 Å². The smallest absolute Gasteiger partial charge is 0.226 e. The zero-order valence-electron chi connectivity index (χ0n) is 12.3. The molecule has 0 spiro atoms. The predicted octanol–water partition coefficient (Wildman–Crippen LogP) is 3.01. The van der Waals surface area contributed by atoms with Crippen molar-refractivity contribution >= 4 is 18.3 Å². The molecule has 0 saturated heterocycles. The zero-order valence-corrected chi connectivity index (χ0v) is 13.2. The van der Waals surface area contributed by atoms with Crippen LogP contribution in [0, 0.1) is 11.3 Å². The number of nitrogens with two attached hydrogens (primary N) is 1. The van der Waals surface area contributed by atoms with Gasteiger partial charge in [-0.15, -0.1) is 12.4 Å². The second-order valence-electron chi connectivity index (χ2n) is 6.98. The number of halogens is 1. The van der Waals surface area contributed by atoms with Crippen LogP contribution in [0.2, 0.25) is 0 Å². The highest BCUT2D eigenvalue weighted by Gasteiger charge is 2.42. The number of amides is 1. The maximum Gasteiger partial charge on any atom is 0.226 e. The van der Waals surface area contributed by atoms with Crippen molar-refractivity contribution < 1.29 is 4.79 Å². The van der Waals surface area contributed by atoms with E-state index in [1.807, 2.05) is 0 Å². The van der Waals surface area contributed by atoms with Gasteiger partial charge in [-0.25, -0.2) is 0 Å². The average molecular weight is 289 g/mol. The van der Waals surface area contributed by atoms with Gasteiger partial charge >= 0.3 is 0 Å². The first-order valence-electron chi connectivity index (χ1n) is 7.53. The molecule has 2 fully saturated rings. The first kappa shape index (κ1) is 16.8. The van der Waals surface area contributed by atoms with Crippen LogP contribution in [-0.2, 0) is 4.79 Å². The van der Waals surface area contributed by atoms with Gasteiger partial charge in [-0.05, 0) is 44.4 Å². The molecule has 112 valence electrons. The van der Waals surface area contributed by atoms with Gasteiger partial charge in [0.25, 0.3) is 0 Å². The van der Waals surface area contributed by atoms with E-state index in [0.29, 0.717) is 12.5 Å². The molecule has 0 aromatic carbocycles. The highest BCUT2D eigenvalue weighted by atomic mass is 35.5. The maximum absolute atomic E-state index is 12.5. The molecule has 2 rings (SSSR count). The molecule has 0 bridgehead atoms. The van der Waals surface area contributed by atoms with E-state index in [1.165, 1.54) is 19.3 Å². The van der Waals surface area contributed by atoms with Gasteiger partial charge in [0.05, 0.1) is 0 Å². The van der Waals surface area contributed by atoms with E-state index >= 15 is 0 Å². The summed E-state index contributed by atoms with van der Waals surface area (Å²) in [6.45, 7) is 5.10. The van der Waals surface area contributed by atoms with Crippen molar-refractivity contribution in [1.29, 1.82) is 0 Å². The van der Waals surface area contributed by atoms with Crippen molar-refractivity contribution in [3.63, 3.8) is 0 Å². The van der Waals surface area contributed by atoms with Gasteiger partial charge in [0, 0.05) is 17.5 Å². The molecule has 0 heterocycles. The van der Waals surface area contributed by atoms with Gasteiger partial charge in [-0.1, -0.05) is 26.7 Å². The van der Waals surface area contributed by atoms with Crippen molar-refractivity contribution in [2.24, 2.45) is 17.1 Å². The van der Waals surface area contributed by atoms with E-state index in [2.05, 4.69) is 19.2 Å². The summed E-state index contributed by atoms with van der Waals surface area (Å²) >= 11 is 0. The first-order valence-corrected chi connectivity index (χ1v) is 7.53. The third-order valence-corrected chi connectivity index (χ3v) is 4.79. The number of nitrogens with one attached hydrogen (secondary N) is 1. The fourth-order valence-corrected chi connectivity index (χ4v) is 3.61. The SMILES string of the molecule is CC(C)CC1(C(=O)NCC2(N)CCC2)CCCC1.Cl. The second kappa shape index (κ2) is 6.45. The number of rotatable bonds is 5. The highest BCUT2D eigenvalue weighted by molar-refractivity contribution is 5.85. The number of carbonyl (C=O) groups excluding carboxylic acids is 1. The molecule has 3 nitrogen and oxygen atoms in total. The fraction of sp³-hybridized carbons (Fsp3) is 0.933. The monoisotopic (exact) mass is 288 g/mol. The third kappa shape index (κ3) is 3.85. The number of hydrogen-bond acceptors (Lipinski definition) is 2. The van der Waals surface area contributed by atoms with Gasteiger partial charge in [0.2, 0.25) is 5.91 Å². The summed E-state index contributed by atoms with van der Waals surface area (Å²) < 4.78 is 0. The quantitative estimate of drug-likeness (QED) is 0.817. The van der Waals surface area contributed by atoms with Gasteiger partial charge in [0.15, 0.2) is 0 Å². The van der Waals surface area contributed by atoms with Crippen molar-refractivity contribution in [2.45, 2.75) is 70.8 Å². The van der Waals surface area contributed by atoms with Gasteiger partial charge < -0.3 is 11.1 Å². The summed E-state index contributed by atoms with van der Waals surface area (Å²) in [6.07, 6.45) is 8.89. The Morgan fingerprint density at radius 1 is 1.16 bits per heavy atom. The largest absolute Gasteiger partial charge is 0.354 e. The summed E-state index contributed by atoms with van der Waals surface area (Å²) in [5.74, 6) is 0.856. The summed E-state index contributed by atoms with van der Waals surface area (Å²) in [6, 6.07) is 0. The lowest BCUT2D eigenvalue weighted by Crippen LogP contribution is -2.56. The normalized spacial score (nSPS) is 23.6. The molecule has 2 aliphatic rings. The Labute approximate surface area is 123 Å². The Kier molecular flexibility index (Phi) is 5.69. The third-order valence-electron chi connectivity index (χ3n) is 4.79. The van der Waals surface area contributed by atoms with Crippen LogP contribution >= 0.6 is 12.4 Å². The Morgan fingerprint density at radius 3 is 2.16 bits per heavy atom. The van der Waals surface area contributed by atoms with Crippen LogP contribution in [0.4, 0.5) is 0 Å². The van der Waals surface area contributed by atoms with Crippen LogP contribution in [0.1, 0.15) is 65.2 Å². The van der Waals surface area contributed by atoms with Crippen LogP contribution in [-0.4, -0.2) is 18.0 Å². The molecule has 0 unspecified atom stereocenters. The highest BCUT2D eigenvalue weighted by Crippen LogP contribution is 2.43. The molecule has 2 aliphatic carbocycles. The molecule has 19 heavy (non-hydrogen) atoms. The molecule has 2 saturated carbocycles. The van der Waals surface area contributed by atoms with Crippen molar-refractivity contribution in [1.82, 2.24) is 5.32 Å². The van der Waals surface area contributed by atoms with Gasteiger partial charge in [-0.2, -0.15) is 0 Å². The minimum Gasteiger partial charge on any atom is -0.354 e. The van der Waals surface area contributed by atoms with Crippen molar-refractivity contribution in [3.8, 4) is 0 Å². The van der Waals surface area contributed by atoms with E-state index in [9.17, 15) is 4.79 Å². The second-order valence-corrected chi connectivity index (χ2v) is 6.98. The van der Waals surface area contributed by atoms with E-state index < -0.39 is 0 Å². The van der Waals surface area contributed by atoms with Crippen molar-refractivity contribution in [3.05, 3.63) is 0 Å². The molecule has 0 aliphatic heterocycles. The molecule has 4 heteroatoms. The summed E-state index contributed by atoms with van der Waals surface area (Å²) in [4.78, 5) is 12.5. The summed E-state index contributed by atoms with van der Waals surface area (Å²) in [5, 5.41) is 3.15. The Bertz CT molecular complexity index is 307. The molecule has 1 amide bonds. The Balaban J connectivity index is 0.00000180. The fourth-order valence-electron chi connectivity index (χ4n) is 3.61. The predicted molar refractivity (Wildman–Crippen MR) is 81.4 cm³/mol. The summed E-state index contributed by atoms with van der Waals surface area (Å²) in [5.41, 5.74) is 5.99. The van der Waals surface area contributed by atoms with Crippen LogP contribution < -0.4 is 11.1 Å². The van der Waals surface area contributed by atoms with Crippen LogP contribution in [0.25, 0.3) is 0 Å². The number of carbonyl (C=O) groups is 1.